The van der Waals surface area contributed by atoms with Gasteiger partial charge < -0.3 is 20.1 Å². The van der Waals surface area contributed by atoms with Gasteiger partial charge >= 0.3 is 0 Å². The standard InChI is InChI=1S/C22H24N2O4/c25-16-9-15(10-16)20(14-4-5-19-13(8-14)6-7-28-19)24-22(27)17-11-12-2-1-3-18(12)23-21(17)26/h4-5,8,11,15-16,20,25H,1-3,6-7,9-10H2,(H,23,26)(H,24,27)/t15?,16?,20-/m0/s1. The Morgan fingerprint density at radius 2 is 2.04 bits per heavy atom. The highest BCUT2D eigenvalue weighted by Gasteiger charge is 2.36. The number of fused-ring (bicyclic) bond motifs is 2. The van der Waals surface area contributed by atoms with E-state index in [-0.39, 0.29) is 35.1 Å². The number of carbonyl (C=O) groups excluding carboxylic acids is 1. The fraction of sp³-hybridized carbons (Fsp3) is 0.455. The predicted molar refractivity (Wildman–Crippen MR) is 104 cm³/mol. The van der Waals surface area contributed by atoms with Gasteiger partial charge in [-0.15, -0.1) is 0 Å². The van der Waals surface area contributed by atoms with E-state index in [2.05, 4.69) is 16.4 Å². The summed E-state index contributed by atoms with van der Waals surface area (Å²) in [5, 5.41) is 12.9. The van der Waals surface area contributed by atoms with Crippen LogP contribution in [-0.4, -0.2) is 28.7 Å². The molecule has 0 saturated heterocycles. The van der Waals surface area contributed by atoms with Crippen LogP contribution in [0.5, 0.6) is 5.75 Å². The Hall–Kier alpha value is -2.60. The molecule has 1 atom stereocenters. The van der Waals surface area contributed by atoms with Gasteiger partial charge in [0.2, 0.25) is 0 Å². The minimum Gasteiger partial charge on any atom is -0.493 e. The Balaban J connectivity index is 1.44. The number of aryl methyl sites for hydroxylation is 2. The van der Waals surface area contributed by atoms with Crippen molar-refractivity contribution in [2.24, 2.45) is 5.92 Å². The van der Waals surface area contributed by atoms with Gasteiger partial charge in [0.05, 0.1) is 18.8 Å². The average Bonchev–Trinajstić information content (AvgIpc) is 3.30. The SMILES string of the molecule is O=C(N[C@@H](c1ccc2c(c1)CCO2)C1CC(O)C1)c1cc2c([nH]c1=O)CCC2. The second kappa shape index (κ2) is 6.78. The number of aromatic nitrogens is 1. The molecule has 6 heteroatoms. The summed E-state index contributed by atoms with van der Waals surface area (Å²) in [6, 6.07) is 7.54. The molecule has 3 N–H and O–H groups in total. The lowest BCUT2D eigenvalue weighted by atomic mass is 9.74. The maximum Gasteiger partial charge on any atom is 0.261 e. The van der Waals surface area contributed by atoms with Crippen LogP contribution in [0.2, 0.25) is 0 Å². The van der Waals surface area contributed by atoms with Crippen LogP contribution in [0.3, 0.4) is 0 Å². The molecule has 28 heavy (non-hydrogen) atoms. The van der Waals surface area contributed by atoms with Gasteiger partial charge in [-0.1, -0.05) is 6.07 Å². The van der Waals surface area contributed by atoms with E-state index in [1.54, 1.807) is 6.07 Å². The molecule has 0 bridgehead atoms. The molecule has 0 spiro atoms. The van der Waals surface area contributed by atoms with Crippen molar-refractivity contribution in [3.63, 3.8) is 0 Å². The molecule has 0 unspecified atom stereocenters. The third kappa shape index (κ3) is 3.02. The van der Waals surface area contributed by atoms with Crippen LogP contribution in [-0.2, 0) is 19.3 Å². The zero-order valence-corrected chi connectivity index (χ0v) is 15.7. The number of hydrogen-bond acceptors (Lipinski definition) is 4. The van der Waals surface area contributed by atoms with Gasteiger partial charge in [-0.3, -0.25) is 9.59 Å². The normalized spacial score (nSPS) is 23.3. The molecule has 6 nitrogen and oxygen atoms in total. The van der Waals surface area contributed by atoms with Crippen LogP contribution in [0.25, 0.3) is 0 Å². The number of H-pyrrole nitrogens is 1. The summed E-state index contributed by atoms with van der Waals surface area (Å²) < 4.78 is 5.59. The highest BCUT2D eigenvalue weighted by molar-refractivity contribution is 5.94. The molecule has 5 rings (SSSR count). The minimum absolute atomic E-state index is 0.160. The molecule has 146 valence electrons. The van der Waals surface area contributed by atoms with Gasteiger partial charge in [-0.2, -0.15) is 0 Å². The molecule has 1 saturated carbocycles. The lowest BCUT2D eigenvalue weighted by molar-refractivity contribution is 0.0235. The highest BCUT2D eigenvalue weighted by Crippen LogP contribution is 2.40. The van der Waals surface area contributed by atoms with E-state index in [0.717, 1.165) is 53.8 Å². The molecule has 1 fully saturated rings. The molecule has 3 aliphatic rings. The molecule has 1 aromatic heterocycles. The first kappa shape index (κ1) is 17.5. The number of aliphatic hydroxyl groups excluding tert-OH is 1. The first-order chi connectivity index (χ1) is 13.6. The molecule has 2 aromatic rings. The summed E-state index contributed by atoms with van der Waals surface area (Å²) in [5.41, 5.74) is 4.02. The second-order valence-electron chi connectivity index (χ2n) is 8.17. The summed E-state index contributed by atoms with van der Waals surface area (Å²) >= 11 is 0. The van der Waals surface area contributed by atoms with Gasteiger partial charge in [0.25, 0.3) is 11.5 Å². The molecule has 2 heterocycles. The van der Waals surface area contributed by atoms with Gasteiger partial charge in [0.1, 0.15) is 11.3 Å². The zero-order valence-electron chi connectivity index (χ0n) is 15.7. The van der Waals surface area contributed by atoms with E-state index in [9.17, 15) is 14.7 Å². The van der Waals surface area contributed by atoms with E-state index >= 15 is 0 Å². The largest absolute Gasteiger partial charge is 0.493 e. The first-order valence-electron chi connectivity index (χ1n) is 10.1. The Morgan fingerprint density at radius 1 is 1.18 bits per heavy atom. The highest BCUT2D eigenvalue weighted by atomic mass is 16.5. The van der Waals surface area contributed by atoms with Crippen molar-refractivity contribution < 1.29 is 14.6 Å². The number of benzene rings is 1. The van der Waals surface area contributed by atoms with Crippen molar-refractivity contribution in [2.75, 3.05) is 6.61 Å². The van der Waals surface area contributed by atoms with Crippen molar-refractivity contribution >= 4 is 5.91 Å². The Labute approximate surface area is 162 Å². The molecule has 1 amide bonds. The van der Waals surface area contributed by atoms with E-state index in [0.29, 0.717) is 19.4 Å². The van der Waals surface area contributed by atoms with Gasteiger partial charge in [-0.25, -0.2) is 0 Å². The molecule has 1 aliphatic heterocycles. The monoisotopic (exact) mass is 380 g/mol. The van der Waals surface area contributed by atoms with Crippen LogP contribution in [0.15, 0.2) is 29.1 Å². The Bertz CT molecular complexity index is 991. The maximum atomic E-state index is 13.0. The number of nitrogens with one attached hydrogen (secondary N) is 2. The fourth-order valence-corrected chi connectivity index (χ4v) is 4.68. The van der Waals surface area contributed by atoms with Crippen LogP contribution in [0.4, 0.5) is 0 Å². The Kier molecular flexibility index (Phi) is 4.23. The average molecular weight is 380 g/mol. The first-order valence-corrected chi connectivity index (χ1v) is 10.1. The smallest absolute Gasteiger partial charge is 0.261 e. The summed E-state index contributed by atoms with van der Waals surface area (Å²) in [4.78, 5) is 28.3. The van der Waals surface area contributed by atoms with Crippen molar-refractivity contribution in [1.29, 1.82) is 0 Å². The fourth-order valence-electron chi connectivity index (χ4n) is 4.68. The zero-order chi connectivity index (χ0) is 19.3. The minimum atomic E-state index is -0.348. The Morgan fingerprint density at radius 3 is 2.86 bits per heavy atom. The quantitative estimate of drug-likeness (QED) is 0.757. The maximum absolute atomic E-state index is 13.0. The van der Waals surface area contributed by atoms with Crippen molar-refractivity contribution in [1.82, 2.24) is 10.3 Å². The number of pyridine rings is 1. The van der Waals surface area contributed by atoms with E-state index < -0.39 is 0 Å². The van der Waals surface area contributed by atoms with Crippen molar-refractivity contribution in [2.45, 2.75) is 50.7 Å². The topological polar surface area (TPSA) is 91.4 Å². The van der Waals surface area contributed by atoms with Crippen molar-refractivity contribution in [3.8, 4) is 5.75 Å². The van der Waals surface area contributed by atoms with E-state index in [4.69, 9.17) is 4.74 Å². The van der Waals surface area contributed by atoms with Gasteiger partial charge in [0, 0.05) is 12.1 Å². The second-order valence-corrected chi connectivity index (χ2v) is 8.17. The lowest BCUT2D eigenvalue weighted by Crippen LogP contribution is -2.42. The summed E-state index contributed by atoms with van der Waals surface area (Å²) in [6.07, 6.45) is 4.63. The van der Waals surface area contributed by atoms with Gasteiger partial charge in [-0.05, 0) is 72.9 Å². The van der Waals surface area contributed by atoms with E-state index in [1.807, 2.05) is 12.1 Å². The lowest BCUT2D eigenvalue weighted by Gasteiger charge is -2.38. The predicted octanol–water partition coefficient (Wildman–Crippen LogP) is 2.04. The van der Waals surface area contributed by atoms with Crippen LogP contribution in [0, 0.1) is 5.92 Å². The van der Waals surface area contributed by atoms with Crippen LogP contribution in [0.1, 0.15) is 58.0 Å². The number of rotatable bonds is 4. The number of carbonyl (C=O) groups is 1. The van der Waals surface area contributed by atoms with E-state index in [1.165, 1.54) is 0 Å². The molecule has 0 radical (unpaired) electrons. The van der Waals surface area contributed by atoms with Crippen molar-refractivity contribution in [3.05, 3.63) is 62.6 Å². The third-order valence-corrected chi connectivity index (χ3v) is 6.31. The van der Waals surface area contributed by atoms with Gasteiger partial charge in [0.15, 0.2) is 0 Å². The number of aromatic amines is 1. The third-order valence-electron chi connectivity index (χ3n) is 6.31. The number of aliphatic hydroxyl groups is 1. The molecule has 2 aliphatic carbocycles. The summed E-state index contributed by atoms with van der Waals surface area (Å²) in [5.74, 6) is 0.712. The van der Waals surface area contributed by atoms with Crippen LogP contribution < -0.4 is 15.6 Å². The summed E-state index contributed by atoms with van der Waals surface area (Å²) in [6.45, 7) is 0.683. The molecule has 1 aromatic carbocycles. The number of amides is 1. The number of ether oxygens (including phenoxy) is 1. The van der Waals surface area contributed by atoms with Crippen LogP contribution >= 0.6 is 0 Å². The molecular weight excluding hydrogens is 356 g/mol. The molecular formula is C22H24N2O4. The summed E-state index contributed by atoms with van der Waals surface area (Å²) in [7, 11) is 0. The number of hydrogen-bond donors (Lipinski definition) is 3.